The number of carbonyl (C=O) groups excluding carboxylic acids is 2. The summed E-state index contributed by atoms with van der Waals surface area (Å²) in [6.07, 6.45) is 2.86. The molecule has 2 aliphatic rings. The van der Waals surface area contributed by atoms with E-state index >= 15 is 0 Å². The number of nitrogens with zero attached hydrogens (tertiary/aromatic N) is 4. The first-order chi connectivity index (χ1) is 11.5. The van der Waals surface area contributed by atoms with Gasteiger partial charge in [0.1, 0.15) is 0 Å². The van der Waals surface area contributed by atoms with E-state index in [1.165, 1.54) is 0 Å². The second-order valence-corrected chi connectivity index (χ2v) is 7.15. The molecule has 3 rings (SSSR count). The summed E-state index contributed by atoms with van der Waals surface area (Å²) in [7, 11) is 1.88. The monoisotopic (exact) mass is 333 g/mol. The molecule has 7 nitrogen and oxygen atoms in total. The molecule has 0 aromatic carbocycles. The predicted molar refractivity (Wildman–Crippen MR) is 90.7 cm³/mol. The number of aryl methyl sites for hydroxylation is 1. The minimum absolute atomic E-state index is 0.00814. The number of rotatable bonds is 3. The summed E-state index contributed by atoms with van der Waals surface area (Å²) in [5.41, 5.74) is 2.52. The molecular formula is C17H27N5O2. The molecule has 1 aromatic heterocycles. The fraction of sp³-hybridized carbons (Fsp3) is 0.706. The van der Waals surface area contributed by atoms with E-state index < -0.39 is 0 Å². The Hall–Kier alpha value is -2.05. The Morgan fingerprint density at radius 3 is 2.54 bits per heavy atom. The van der Waals surface area contributed by atoms with Crippen molar-refractivity contribution in [3.05, 3.63) is 17.0 Å². The van der Waals surface area contributed by atoms with Crippen molar-refractivity contribution in [2.24, 2.45) is 13.0 Å². The Kier molecular flexibility index (Phi) is 4.78. The van der Waals surface area contributed by atoms with Gasteiger partial charge < -0.3 is 15.1 Å². The summed E-state index contributed by atoms with van der Waals surface area (Å²) in [4.78, 5) is 28.8. The lowest BCUT2D eigenvalue weighted by molar-refractivity contribution is 0.0783. The summed E-state index contributed by atoms with van der Waals surface area (Å²) in [6, 6.07) is -0.0576. The normalized spacial score (nSPS) is 17.3. The van der Waals surface area contributed by atoms with E-state index in [1.54, 1.807) is 4.90 Å². The van der Waals surface area contributed by atoms with Gasteiger partial charge in [0.15, 0.2) is 5.69 Å². The molecule has 0 aliphatic carbocycles. The molecule has 3 heterocycles. The molecule has 3 amide bonds. The van der Waals surface area contributed by atoms with Crippen LogP contribution in [0.5, 0.6) is 0 Å². The molecule has 0 bridgehead atoms. The van der Waals surface area contributed by atoms with Crippen molar-refractivity contribution >= 4 is 11.9 Å². The smallest absolute Gasteiger partial charge is 0.317 e. The Morgan fingerprint density at radius 2 is 1.88 bits per heavy atom. The number of amides is 3. The van der Waals surface area contributed by atoms with Gasteiger partial charge in [0, 0.05) is 50.9 Å². The van der Waals surface area contributed by atoms with Crippen LogP contribution in [-0.2, 0) is 20.0 Å². The van der Waals surface area contributed by atoms with Crippen molar-refractivity contribution in [1.82, 2.24) is 24.9 Å². The largest absolute Gasteiger partial charge is 0.338 e. The maximum absolute atomic E-state index is 12.8. The lowest BCUT2D eigenvalue weighted by Gasteiger charge is -2.28. The van der Waals surface area contributed by atoms with Gasteiger partial charge in [-0.2, -0.15) is 5.10 Å². The molecular weight excluding hydrogens is 306 g/mol. The maximum Gasteiger partial charge on any atom is 0.317 e. The first-order valence-electron chi connectivity index (χ1n) is 8.84. The Morgan fingerprint density at radius 1 is 1.17 bits per heavy atom. The third-order valence-corrected chi connectivity index (χ3v) is 4.79. The van der Waals surface area contributed by atoms with Gasteiger partial charge in [0.2, 0.25) is 0 Å². The van der Waals surface area contributed by atoms with E-state index in [0.717, 1.165) is 43.6 Å². The van der Waals surface area contributed by atoms with Crippen LogP contribution in [0.25, 0.3) is 0 Å². The summed E-state index contributed by atoms with van der Waals surface area (Å²) in [5.74, 6) is 0.425. The van der Waals surface area contributed by atoms with E-state index in [4.69, 9.17) is 0 Å². The van der Waals surface area contributed by atoms with Crippen molar-refractivity contribution in [1.29, 1.82) is 0 Å². The highest BCUT2D eigenvalue weighted by molar-refractivity contribution is 5.94. The highest BCUT2D eigenvalue weighted by atomic mass is 16.2. The minimum Gasteiger partial charge on any atom is -0.338 e. The molecule has 2 aliphatic heterocycles. The Labute approximate surface area is 143 Å². The first-order valence-corrected chi connectivity index (χ1v) is 8.84. The van der Waals surface area contributed by atoms with Crippen LogP contribution < -0.4 is 5.32 Å². The SMILES string of the molecule is CC(C)CNC(=O)N1CCc2c(c(C(=O)N3CCCC3)nn2C)C1. The van der Waals surface area contributed by atoms with Crippen LogP contribution in [0.4, 0.5) is 4.79 Å². The number of hydrogen-bond donors (Lipinski definition) is 1. The lowest BCUT2D eigenvalue weighted by Crippen LogP contribution is -2.44. The topological polar surface area (TPSA) is 70.5 Å². The zero-order valence-electron chi connectivity index (χ0n) is 14.8. The van der Waals surface area contributed by atoms with Gasteiger partial charge in [-0.3, -0.25) is 9.48 Å². The Bertz CT molecular complexity index is 631. The van der Waals surface area contributed by atoms with Crippen molar-refractivity contribution in [3.63, 3.8) is 0 Å². The summed E-state index contributed by atoms with van der Waals surface area (Å²) < 4.78 is 1.81. The van der Waals surface area contributed by atoms with E-state index in [-0.39, 0.29) is 11.9 Å². The molecule has 0 unspecified atom stereocenters. The van der Waals surface area contributed by atoms with Gasteiger partial charge in [-0.25, -0.2) is 4.79 Å². The highest BCUT2D eigenvalue weighted by Crippen LogP contribution is 2.24. The zero-order valence-corrected chi connectivity index (χ0v) is 14.8. The number of nitrogens with one attached hydrogen (secondary N) is 1. The summed E-state index contributed by atoms with van der Waals surface area (Å²) in [5, 5.41) is 7.43. The molecule has 1 saturated heterocycles. The van der Waals surface area contributed by atoms with Crippen molar-refractivity contribution in [3.8, 4) is 0 Å². The second-order valence-electron chi connectivity index (χ2n) is 7.15. The number of carbonyl (C=O) groups is 2. The van der Waals surface area contributed by atoms with E-state index in [0.29, 0.717) is 31.2 Å². The van der Waals surface area contributed by atoms with Crippen LogP contribution in [-0.4, -0.2) is 57.7 Å². The molecule has 1 fully saturated rings. The molecule has 0 radical (unpaired) electrons. The quantitative estimate of drug-likeness (QED) is 0.908. The summed E-state index contributed by atoms with van der Waals surface area (Å²) in [6.45, 7) is 7.54. The molecule has 0 saturated carbocycles. The number of likely N-dealkylation sites (tertiary alicyclic amines) is 1. The van der Waals surface area contributed by atoms with E-state index in [2.05, 4.69) is 24.3 Å². The van der Waals surface area contributed by atoms with Crippen LogP contribution in [0, 0.1) is 5.92 Å². The van der Waals surface area contributed by atoms with Crippen LogP contribution in [0.1, 0.15) is 48.4 Å². The van der Waals surface area contributed by atoms with Gasteiger partial charge in [0.05, 0.1) is 6.54 Å². The number of fused-ring (bicyclic) bond motifs is 1. The number of urea groups is 1. The van der Waals surface area contributed by atoms with Crippen LogP contribution in [0.15, 0.2) is 0 Å². The minimum atomic E-state index is -0.0576. The molecule has 0 atom stereocenters. The fourth-order valence-electron chi connectivity index (χ4n) is 3.41. The first kappa shape index (κ1) is 16.8. The summed E-state index contributed by atoms with van der Waals surface area (Å²) >= 11 is 0. The predicted octanol–water partition coefficient (Wildman–Crippen LogP) is 1.38. The van der Waals surface area contributed by atoms with Gasteiger partial charge in [-0.05, 0) is 18.8 Å². The third-order valence-electron chi connectivity index (χ3n) is 4.79. The molecule has 1 N–H and O–H groups in total. The average molecular weight is 333 g/mol. The van der Waals surface area contributed by atoms with Crippen LogP contribution in [0.2, 0.25) is 0 Å². The van der Waals surface area contributed by atoms with Gasteiger partial charge in [0.25, 0.3) is 5.91 Å². The average Bonchev–Trinajstić information content (AvgIpc) is 3.20. The van der Waals surface area contributed by atoms with E-state index in [1.807, 2.05) is 16.6 Å². The van der Waals surface area contributed by atoms with Gasteiger partial charge in [-0.15, -0.1) is 0 Å². The number of aromatic nitrogens is 2. The van der Waals surface area contributed by atoms with Crippen LogP contribution in [0.3, 0.4) is 0 Å². The third kappa shape index (κ3) is 3.25. The van der Waals surface area contributed by atoms with Crippen molar-refractivity contribution < 1.29 is 9.59 Å². The standard InChI is InChI=1S/C17H27N5O2/c1-12(2)10-18-17(24)22-9-6-14-13(11-22)15(19-20(14)3)16(23)21-7-4-5-8-21/h12H,4-11H2,1-3H3,(H,18,24). The molecule has 7 heteroatoms. The zero-order chi connectivity index (χ0) is 17.3. The molecule has 24 heavy (non-hydrogen) atoms. The van der Waals surface area contributed by atoms with Gasteiger partial charge >= 0.3 is 6.03 Å². The maximum atomic E-state index is 12.8. The fourth-order valence-corrected chi connectivity index (χ4v) is 3.41. The van der Waals surface area contributed by atoms with Crippen molar-refractivity contribution in [2.75, 3.05) is 26.2 Å². The molecule has 1 aromatic rings. The van der Waals surface area contributed by atoms with Crippen molar-refractivity contribution in [2.45, 2.75) is 39.7 Å². The van der Waals surface area contributed by atoms with Crippen LogP contribution >= 0.6 is 0 Å². The highest BCUT2D eigenvalue weighted by Gasteiger charge is 2.31. The molecule has 132 valence electrons. The second kappa shape index (κ2) is 6.83. The lowest BCUT2D eigenvalue weighted by atomic mass is 10.0. The Balaban J connectivity index is 1.77. The molecule has 0 spiro atoms. The number of hydrogen-bond acceptors (Lipinski definition) is 3. The van der Waals surface area contributed by atoms with E-state index in [9.17, 15) is 9.59 Å². The van der Waals surface area contributed by atoms with Gasteiger partial charge in [-0.1, -0.05) is 13.8 Å².